The summed E-state index contributed by atoms with van der Waals surface area (Å²) in [4.78, 5) is 14.5. The molecule has 140 valence electrons. The Morgan fingerprint density at radius 3 is 2.85 bits per heavy atom. The number of benzene rings is 1. The van der Waals surface area contributed by atoms with Gasteiger partial charge in [0.1, 0.15) is 0 Å². The zero-order valence-electron chi connectivity index (χ0n) is 14.9. The van der Waals surface area contributed by atoms with Crippen LogP contribution in [0.2, 0.25) is 5.02 Å². The Bertz CT molecular complexity index is 777. The van der Waals surface area contributed by atoms with E-state index in [2.05, 4.69) is 20.4 Å². The second-order valence-electron chi connectivity index (χ2n) is 5.92. The predicted molar refractivity (Wildman–Crippen MR) is 104 cm³/mol. The van der Waals surface area contributed by atoms with Crippen LogP contribution in [-0.4, -0.2) is 52.7 Å². The summed E-state index contributed by atoms with van der Waals surface area (Å²) in [6.07, 6.45) is 0. The van der Waals surface area contributed by atoms with Gasteiger partial charge in [-0.25, -0.2) is 0 Å². The van der Waals surface area contributed by atoms with Crippen LogP contribution >= 0.6 is 23.4 Å². The number of thioether (sulfide) groups is 1. The zero-order chi connectivity index (χ0) is 18.5. The maximum Gasteiger partial charge on any atom is 0.234 e. The molecule has 1 aliphatic rings. The molecule has 7 nitrogen and oxygen atoms in total. The van der Waals surface area contributed by atoms with Crippen LogP contribution in [-0.2, 0) is 16.1 Å². The zero-order valence-corrected chi connectivity index (χ0v) is 16.4. The first-order chi connectivity index (χ1) is 12.6. The number of carbonyl (C=O) groups excluding carboxylic acids is 1. The van der Waals surface area contributed by atoms with Crippen molar-refractivity contribution in [3.63, 3.8) is 0 Å². The van der Waals surface area contributed by atoms with Gasteiger partial charge in [-0.3, -0.25) is 9.36 Å². The summed E-state index contributed by atoms with van der Waals surface area (Å²) >= 11 is 7.38. The number of anilines is 2. The van der Waals surface area contributed by atoms with Crippen molar-refractivity contribution in [1.82, 2.24) is 14.8 Å². The lowest BCUT2D eigenvalue weighted by Crippen LogP contribution is -2.38. The number of morpholine rings is 1. The number of aromatic nitrogens is 3. The second kappa shape index (κ2) is 8.75. The summed E-state index contributed by atoms with van der Waals surface area (Å²) < 4.78 is 7.42. The quantitative estimate of drug-likeness (QED) is 0.758. The Hall–Kier alpha value is -1.77. The summed E-state index contributed by atoms with van der Waals surface area (Å²) in [5.74, 6) is 0.996. The number of nitrogens with one attached hydrogen (secondary N) is 1. The maximum atomic E-state index is 12.3. The number of carbonyl (C=O) groups is 1. The first-order valence-corrected chi connectivity index (χ1v) is 9.89. The van der Waals surface area contributed by atoms with E-state index >= 15 is 0 Å². The highest BCUT2D eigenvalue weighted by Gasteiger charge is 2.20. The molecule has 1 aliphatic heterocycles. The molecule has 0 spiro atoms. The van der Waals surface area contributed by atoms with Gasteiger partial charge >= 0.3 is 0 Å². The van der Waals surface area contributed by atoms with Gasteiger partial charge in [0.2, 0.25) is 11.9 Å². The van der Waals surface area contributed by atoms with Crippen LogP contribution in [0.3, 0.4) is 0 Å². The standard InChI is InChI=1S/C17H22ClN5O2S/c1-3-23-16(22-6-8-25-9-7-22)20-21-17(23)26-11-15(24)19-14-10-13(18)5-4-12(14)2/h4-5,10H,3,6-9,11H2,1-2H3,(H,19,24). The number of aryl methyl sites for hydroxylation is 1. The smallest absolute Gasteiger partial charge is 0.234 e. The van der Waals surface area contributed by atoms with Gasteiger partial charge < -0.3 is 15.0 Å². The van der Waals surface area contributed by atoms with Gasteiger partial charge in [-0.2, -0.15) is 0 Å². The molecule has 0 bridgehead atoms. The van der Waals surface area contributed by atoms with Crippen molar-refractivity contribution in [3.8, 4) is 0 Å². The fraction of sp³-hybridized carbons (Fsp3) is 0.471. The lowest BCUT2D eigenvalue weighted by atomic mass is 10.2. The van der Waals surface area contributed by atoms with Crippen LogP contribution in [0, 0.1) is 6.92 Å². The Balaban J connectivity index is 1.63. The molecule has 0 saturated carbocycles. The summed E-state index contributed by atoms with van der Waals surface area (Å²) in [6, 6.07) is 5.44. The number of halogens is 1. The second-order valence-corrected chi connectivity index (χ2v) is 7.30. The lowest BCUT2D eigenvalue weighted by Gasteiger charge is -2.27. The van der Waals surface area contributed by atoms with E-state index in [1.54, 1.807) is 12.1 Å². The highest BCUT2D eigenvalue weighted by molar-refractivity contribution is 7.99. The first-order valence-electron chi connectivity index (χ1n) is 8.53. The number of hydrogen-bond donors (Lipinski definition) is 1. The summed E-state index contributed by atoms with van der Waals surface area (Å²) in [6.45, 7) is 7.72. The Labute approximate surface area is 162 Å². The van der Waals surface area contributed by atoms with Gasteiger partial charge in [0.25, 0.3) is 0 Å². The van der Waals surface area contributed by atoms with Crippen molar-refractivity contribution in [2.45, 2.75) is 25.5 Å². The minimum absolute atomic E-state index is 0.0982. The highest BCUT2D eigenvalue weighted by atomic mass is 35.5. The molecule has 26 heavy (non-hydrogen) atoms. The third-order valence-corrected chi connectivity index (χ3v) is 5.32. The third kappa shape index (κ3) is 4.49. The van der Waals surface area contributed by atoms with Crippen molar-refractivity contribution < 1.29 is 9.53 Å². The molecule has 2 heterocycles. The van der Waals surface area contributed by atoms with Gasteiger partial charge in [0, 0.05) is 30.3 Å². The summed E-state index contributed by atoms with van der Waals surface area (Å²) in [7, 11) is 0. The van der Waals surface area contributed by atoms with Gasteiger partial charge in [-0.05, 0) is 31.5 Å². The van der Waals surface area contributed by atoms with Crippen LogP contribution in [0.1, 0.15) is 12.5 Å². The van der Waals surface area contributed by atoms with Crippen molar-refractivity contribution in [1.29, 1.82) is 0 Å². The Kier molecular flexibility index (Phi) is 6.39. The van der Waals surface area contributed by atoms with Gasteiger partial charge in [-0.1, -0.05) is 29.4 Å². The van der Waals surface area contributed by atoms with Gasteiger partial charge in [0.05, 0.1) is 19.0 Å². The molecule has 3 rings (SSSR count). The topological polar surface area (TPSA) is 72.3 Å². The van der Waals surface area contributed by atoms with E-state index in [4.69, 9.17) is 16.3 Å². The molecule has 1 amide bonds. The third-order valence-electron chi connectivity index (χ3n) is 4.11. The number of hydrogen-bond acceptors (Lipinski definition) is 6. The SMILES string of the molecule is CCn1c(SCC(=O)Nc2cc(Cl)ccc2C)nnc1N1CCOCC1. The fourth-order valence-corrected chi connectivity index (χ4v) is 3.68. The van der Waals surface area contributed by atoms with E-state index in [1.165, 1.54) is 11.8 Å². The van der Waals surface area contributed by atoms with E-state index in [-0.39, 0.29) is 11.7 Å². The monoisotopic (exact) mass is 395 g/mol. The minimum Gasteiger partial charge on any atom is -0.378 e. The molecule has 1 N–H and O–H groups in total. The molecule has 2 aromatic rings. The molecule has 1 aromatic heterocycles. The van der Waals surface area contributed by atoms with Crippen molar-refractivity contribution in [2.75, 3.05) is 42.3 Å². The van der Waals surface area contributed by atoms with Gasteiger partial charge in [-0.15, -0.1) is 10.2 Å². The van der Waals surface area contributed by atoms with E-state index in [0.717, 1.165) is 42.0 Å². The van der Waals surface area contributed by atoms with E-state index in [9.17, 15) is 4.79 Å². The summed E-state index contributed by atoms with van der Waals surface area (Å²) in [5, 5.41) is 12.8. The predicted octanol–water partition coefficient (Wildman–Crippen LogP) is 2.83. The Morgan fingerprint density at radius 2 is 2.12 bits per heavy atom. The first kappa shape index (κ1) is 19.0. The average Bonchev–Trinajstić information content (AvgIpc) is 3.06. The van der Waals surface area contributed by atoms with Crippen LogP contribution in [0.15, 0.2) is 23.4 Å². The molecule has 0 aliphatic carbocycles. The molecular formula is C17H22ClN5O2S. The largest absolute Gasteiger partial charge is 0.378 e. The van der Waals surface area contributed by atoms with Crippen molar-refractivity contribution in [2.24, 2.45) is 0 Å². The number of rotatable bonds is 6. The average molecular weight is 396 g/mol. The minimum atomic E-state index is -0.0982. The van der Waals surface area contributed by atoms with E-state index in [1.807, 2.05) is 24.5 Å². The van der Waals surface area contributed by atoms with Gasteiger partial charge in [0.15, 0.2) is 5.16 Å². The fourth-order valence-electron chi connectivity index (χ4n) is 2.71. The number of nitrogens with zero attached hydrogens (tertiary/aromatic N) is 4. The summed E-state index contributed by atoms with van der Waals surface area (Å²) in [5.41, 5.74) is 1.70. The Morgan fingerprint density at radius 1 is 1.35 bits per heavy atom. The normalized spacial score (nSPS) is 14.5. The number of ether oxygens (including phenoxy) is 1. The van der Waals surface area contributed by atoms with Crippen molar-refractivity contribution >= 4 is 40.9 Å². The van der Waals surface area contributed by atoms with Crippen molar-refractivity contribution in [3.05, 3.63) is 28.8 Å². The molecule has 0 atom stereocenters. The molecular weight excluding hydrogens is 374 g/mol. The molecule has 0 unspecified atom stereocenters. The van der Waals surface area contributed by atoms with Crippen LogP contribution < -0.4 is 10.2 Å². The molecule has 1 saturated heterocycles. The van der Waals surface area contributed by atoms with E-state index < -0.39 is 0 Å². The van der Waals surface area contributed by atoms with Crippen LogP contribution in [0.5, 0.6) is 0 Å². The maximum absolute atomic E-state index is 12.3. The molecule has 9 heteroatoms. The molecule has 1 fully saturated rings. The molecule has 0 radical (unpaired) electrons. The lowest BCUT2D eigenvalue weighted by molar-refractivity contribution is -0.113. The van der Waals surface area contributed by atoms with Crippen LogP contribution in [0.25, 0.3) is 0 Å². The molecule has 1 aromatic carbocycles. The van der Waals surface area contributed by atoms with E-state index in [0.29, 0.717) is 18.2 Å². The highest BCUT2D eigenvalue weighted by Crippen LogP contribution is 2.24. The number of amides is 1. The van der Waals surface area contributed by atoms with Crippen LogP contribution in [0.4, 0.5) is 11.6 Å².